The van der Waals surface area contributed by atoms with Gasteiger partial charge in [-0.05, 0) is 42.7 Å². The van der Waals surface area contributed by atoms with Crippen LogP contribution < -0.4 is 4.74 Å². The van der Waals surface area contributed by atoms with Crippen LogP contribution in [0.25, 0.3) is 11.3 Å². The van der Waals surface area contributed by atoms with Gasteiger partial charge in [-0.1, -0.05) is 18.2 Å². The standard InChI is InChI=1S/C23H23N3O5/c1-30-18-11-13(8-9-17(18)28)22-19-20(15-6-2-3-7-16(15)27)24-25-21(19)23(29)26(22)12-14-5-4-10-31-14/h2-3,6-9,11,14,22,27-28H,4-5,10,12H2,1H3,(H,24,25)/t14-,22+/m1/s1. The van der Waals surface area contributed by atoms with Crippen molar-refractivity contribution in [3.05, 3.63) is 59.3 Å². The number of para-hydroxylation sites is 1. The number of carbonyl (C=O) groups is 1. The molecule has 0 aliphatic carbocycles. The first-order valence-corrected chi connectivity index (χ1v) is 10.2. The molecule has 1 fully saturated rings. The van der Waals surface area contributed by atoms with Crippen molar-refractivity contribution in [2.24, 2.45) is 0 Å². The first-order chi connectivity index (χ1) is 15.1. The van der Waals surface area contributed by atoms with E-state index in [0.717, 1.165) is 18.4 Å². The van der Waals surface area contributed by atoms with Crippen molar-refractivity contribution in [2.45, 2.75) is 25.0 Å². The number of amides is 1. The van der Waals surface area contributed by atoms with Gasteiger partial charge in [0.2, 0.25) is 0 Å². The van der Waals surface area contributed by atoms with Crippen LogP contribution in [0.15, 0.2) is 42.5 Å². The molecule has 31 heavy (non-hydrogen) atoms. The van der Waals surface area contributed by atoms with E-state index in [9.17, 15) is 15.0 Å². The molecule has 2 atom stereocenters. The lowest BCUT2D eigenvalue weighted by molar-refractivity contribution is 0.0495. The monoisotopic (exact) mass is 421 g/mol. The van der Waals surface area contributed by atoms with Crippen molar-refractivity contribution in [3.8, 4) is 28.5 Å². The number of hydrogen-bond donors (Lipinski definition) is 3. The first-order valence-electron chi connectivity index (χ1n) is 10.2. The molecule has 8 nitrogen and oxygen atoms in total. The summed E-state index contributed by atoms with van der Waals surface area (Å²) in [6.07, 6.45) is 1.84. The van der Waals surface area contributed by atoms with Crippen LogP contribution in [-0.4, -0.2) is 57.6 Å². The van der Waals surface area contributed by atoms with Crippen molar-refractivity contribution in [3.63, 3.8) is 0 Å². The van der Waals surface area contributed by atoms with Crippen LogP contribution in [0, 0.1) is 0 Å². The van der Waals surface area contributed by atoms with Gasteiger partial charge in [-0.3, -0.25) is 9.89 Å². The van der Waals surface area contributed by atoms with E-state index in [4.69, 9.17) is 9.47 Å². The zero-order chi connectivity index (χ0) is 21.5. The number of nitrogens with zero attached hydrogens (tertiary/aromatic N) is 2. The van der Waals surface area contributed by atoms with Crippen molar-refractivity contribution >= 4 is 5.91 Å². The van der Waals surface area contributed by atoms with Gasteiger partial charge in [-0.2, -0.15) is 5.10 Å². The summed E-state index contributed by atoms with van der Waals surface area (Å²) in [5, 5.41) is 27.8. The Hall–Kier alpha value is -3.52. The molecule has 1 amide bonds. The largest absolute Gasteiger partial charge is 0.507 e. The second-order valence-corrected chi connectivity index (χ2v) is 7.80. The number of ether oxygens (including phenoxy) is 2. The minimum absolute atomic E-state index is 0.0228. The van der Waals surface area contributed by atoms with Gasteiger partial charge in [-0.25, -0.2) is 0 Å². The summed E-state index contributed by atoms with van der Waals surface area (Å²) in [4.78, 5) is 15.1. The lowest BCUT2D eigenvalue weighted by Gasteiger charge is -2.28. The average molecular weight is 421 g/mol. The van der Waals surface area contributed by atoms with E-state index in [1.165, 1.54) is 7.11 Å². The molecule has 5 rings (SSSR count). The number of phenolic OH excluding ortho intramolecular Hbond substituents is 2. The summed E-state index contributed by atoms with van der Waals surface area (Å²) < 4.78 is 11.1. The number of carbonyl (C=O) groups excluding carboxylic acids is 1. The van der Waals surface area contributed by atoms with Crippen LogP contribution in [-0.2, 0) is 4.74 Å². The van der Waals surface area contributed by atoms with Gasteiger partial charge >= 0.3 is 0 Å². The average Bonchev–Trinajstić information content (AvgIpc) is 3.49. The van der Waals surface area contributed by atoms with E-state index in [-0.39, 0.29) is 23.5 Å². The fourth-order valence-corrected chi connectivity index (χ4v) is 4.48. The van der Waals surface area contributed by atoms with Crippen LogP contribution in [0.1, 0.15) is 40.5 Å². The molecular weight excluding hydrogens is 398 g/mol. The number of rotatable bonds is 5. The summed E-state index contributed by atoms with van der Waals surface area (Å²) >= 11 is 0. The molecule has 2 aliphatic rings. The molecule has 8 heteroatoms. The molecule has 3 aromatic rings. The molecule has 0 radical (unpaired) electrons. The molecule has 2 aliphatic heterocycles. The number of aromatic amines is 1. The third-order valence-electron chi connectivity index (χ3n) is 5.97. The number of fused-ring (bicyclic) bond motifs is 1. The molecule has 3 heterocycles. The van der Waals surface area contributed by atoms with Gasteiger partial charge in [0.1, 0.15) is 17.1 Å². The summed E-state index contributed by atoms with van der Waals surface area (Å²) in [5.74, 6) is 0.262. The van der Waals surface area contributed by atoms with Gasteiger partial charge in [0.25, 0.3) is 5.91 Å². The quantitative estimate of drug-likeness (QED) is 0.584. The number of aromatic hydroxyl groups is 2. The SMILES string of the molecule is COc1cc([C@H]2c3c(-c4ccccc4O)n[nH]c3C(=O)N2C[C@H]2CCCO2)ccc1O. The first kappa shape index (κ1) is 19.4. The molecule has 3 N–H and O–H groups in total. The minimum Gasteiger partial charge on any atom is -0.507 e. The Kier molecular flexibility index (Phi) is 4.78. The third kappa shape index (κ3) is 3.19. The topological polar surface area (TPSA) is 108 Å². The number of aromatic nitrogens is 2. The molecule has 160 valence electrons. The molecular formula is C23H23N3O5. The summed E-state index contributed by atoms with van der Waals surface area (Å²) in [5.41, 5.74) is 2.93. The number of benzene rings is 2. The Balaban J connectivity index is 1.66. The smallest absolute Gasteiger partial charge is 0.273 e. The Morgan fingerprint density at radius 3 is 2.81 bits per heavy atom. The highest BCUT2D eigenvalue weighted by molar-refractivity contribution is 6.00. The zero-order valence-electron chi connectivity index (χ0n) is 17.0. The fraction of sp³-hybridized carbons (Fsp3) is 0.304. The van der Waals surface area contributed by atoms with Crippen molar-refractivity contribution < 1.29 is 24.5 Å². The maximum Gasteiger partial charge on any atom is 0.273 e. The number of nitrogens with one attached hydrogen (secondary N) is 1. The summed E-state index contributed by atoms with van der Waals surface area (Å²) in [6.45, 7) is 1.13. The predicted octanol–water partition coefficient (Wildman–Crippen LogP) is 3.22. The van der Waals surface area contributed by atoms with Gasteiger partial charge < -0.3 is 24.6 Å². The molecule has 0 unspecified atom stereocenters. The Labute approximate surface area is 179 Å². The normalized spacial score (nSPS) is 20.3. The highest BCUT2D eigenvalue weighted by atomic mass is 16.5. The van der Waals surface area contributed by atoms with E-state index in [2.05, 4.69) is 10.2 Å². The van der Waals surface area contributed by atoms with Crippen LogP contribution in [0.4, 0.5) is 0 Å². The number of methoxy groups -OCH3 is 1. The van der Waals surface area contributed by atoms with Crippen molar-refractivity contribution in [2.75, 3.05) is 20.3 Å². The molecule has 0 saturated carbocycles. The Morgan fingerprint density at radius 2 is 2.06 bits per heavy atom. The van der Waals surface area contributed by atoms with Crippen LogP contribution in [0.5, 0.6) is 17.2 Å². The summed E-state index contributed by atoms with van der Waals surface area (Å²) in [6, 6.07) is 11.5. The van der Waals surface area contributed by atoms with Gasteiger partial charge in [0.05, 0.1) is 19.3 Å². The van der Waals surface area contributed by atoms with Crippen LogP contribution in [0.2, 0.25) is 0 Å². The summed E-state index contributed by atoms with van der Waals surface area (Å²) in [7, 11) is 1.49. The van der Waals surface area contributed by atoms with E-state index >= 15 is 0 Å². The molecule has 2 aromatic carbocycles. The van der Waals surface area contributed by atoms with E-state index in [1.54, 1.807) is 41.3 Å². The molecule has 0 spiro atoms. The number of phenols is 2. The highest BCUT2D eigenvalue weighted by Gasteiger charge is 2.43. The lowest BCUT2D eigenvalue weighted by atomic mass is 9.95. The third-order valence-corrected chi connectivity index (χ3v) is 5.97. The number of hydrogen-bond acceptors (Lipinski definition) is 6. The Morgan fingerprint density at radius 1 is 1.23 bits per heavy atom. The fourth-order valence-electron chi connectivity index (χ4n) is 4.48. The van der Waals surface area contributed by atoms with Gasteiger partial charge in [0, 0.05) is 24.3 Å². The second-order valence-electron chi connectivity index (χ2n) is 7.80. The van der Waals surface area contributed by atoms with Crippen molar-refractivity contribution in [1.82, 2.24) is 15.1 Å². The van der Waals surface area contributed by atoms with E-state index < -0.39 is 6.04 Å². The molecule has 1 saturated heterocycles. The lowest BCUT2D eigenvalue weighted by Crippen LogP contribution is -2.36. The maximum absolute atomic E-state index is 13.4. The maximum atomic E-state index is 13.4. The molecule has 0 bridgehead atoms. The van der Waals surface area contributed by atoms with Gasteiger partial charge in [-0.15, -0.1) is 0 Å². The Bertz CT molecular complexity index is 1140. The van der Waals surface area contributed by atoms with Crippen LogP contribution in [0.3, 0.4) is 0 Å². The van der Waals surface area contributed by atoms with Gasteiger partial charge in [0.15, 0.2) is 11.5 Å². The van der Waals surface area contributed by atoms with Crippen LogP contribution >= 0.6 is 0 Å². The highest BCUT2D eigenvalue weighted by Crippen LogP contribution is 2.46. The minimum atomic E-state index is -0.463. The second kappa shape index (κ2) is 7.63. The molecule has 1 aromatic heterocycles. The predicted molar refractivity (Wildman–Crippen MR) is 112 cm³/mol. The van der Waals surface area contributed by atoms with E-state index in [0.29, 0.717) is 41.4 Å². The number of H-pyrrole nitrogens is 1. The van der Waals surface area contributed by atoms with E-state index in [1.807, 2.05) is 6.07 Å². The zero-order valence-corrected chi connectivity index (χ0v) is 17.0. The van der Waals surface area contributed by atoms with Crippen molar-refractivity contribution in [1.29, 1.82) is 0 Å².